The smallest absolute Gasteiger partial charge is 0.119 e. The molecular weight excluding hydrogens is 229 g/mol. The molecule has 0 atom stereocenters. The molecule has 0 unspecified atom stereocenters. The van der Waals surface area contributed by atoms with Crippen molar-refractivity contribution in [3.8, 4) is 6.07 Å². The maximum absolute atomic E-state index is 14.3. The van der Waals surface area contributed by atoms with Gasteiger partial charge in [0, 0.05) is 18.3 Å². The fourth-order valence-electron chi connectivity index (χ4n) is 1.97. The summed E-state index contributed by atoms with van der Waals surface area (Å²) in [5.41, 5.74) is 0.109. The van der Waals surface area contributed by atoms with Crippen LogP contribution in [-0.2, 0) is 6.42 Å². The van der Waals surface area contributed by atoms with Gasteiger partial charge in [-0.2, -0.15) is 5.26 Å². The van der Waals surface area contributed by atoms with Crippen LogP contribution in [-0.4, -0.2) is 23.7 Å². The third kappa shape index (κ3) is 4.08. The van der Waals surface area contributed by atoms with Crippen LogP contribution in [0.1, 0.15) is 37.9 Å². The zero-order chi connectivity index (χ0) is 13.4. The van der Waals surface area contributed by atoms with Crippen molar-refractivity contribution < 1.29 is 4.39 Å². The van der Waals surface area contributed by atoms with Crippen molar-refractivity contribution in [1.82, 2.24) is 10.3 Å². The third-order valence-corrected chi connectivity index (χ3v) is 2.95. The van der Waals surface area contributed by atoms with E-state index < -0.39 is 5.67 Å². The Balaban J connectivity index is 0.000000771. The van der Waals surface area contributed by atoms with E-state index in [1.807, 2.05) is 19.9 Å². The number of rotatable bonds is 2. The monoisotopic (exact) mass is 249 g/mol. The van der Waals surface area contributed by atoms with E-state index in [0.717, 1.165) is 18.8 Å². The van der Waals surface area contributed by atoms with Gasteiger partial charge in [0.1, 0.15) is 11.7 Å². The molecule has 1 aromatic rings. The largest absolute Gasteiger partial charge is 0.316 e. The SMILES string of the molecule is CC.N#Cc1ccc(CC2(F)CCNCC2)nc1. The Morgan fingerprint density at radius 3 is 2.56 bits per heavy atom. The van der Waals surface area contributed by atoms with Gasteiger partial charge in [-0.15, -0.1) is 0 Å². The van der Waals surface area contributed by atoms with Gasteiger partial charge in [-0.1, -0.05) is 13.8 Å². The summed E-state index contributed by atoms with van der Waals surface area (Å²) in [5.74, 6) is 0. The van der Waals surface area contributed by atoms with Crippen molar-refractivity contribution in [2.45, 2.75) is 38.8 Å². The van der Waals surface area contributed by atoms with Crippen molar-refractivity contribution >= 4 is 0 Å². The van der Waals surface area contributed by atoms with Crippen LogP contribution in [0.2, 0.25) is 0 Å². The number of piperidine rings is 1. The fraction of sp³-hybridized carbons (Fsp3) is 0.571. The molecule has 18 heavy (non-hydrogen) atoms. The molecule has 1 saturated heterocycles. The van der Waals surface area contributed by atoms with Crippen LogP contribution in [0.15, 0.2) is 18.3 Å². The minimum atomic E-state index is -1.13. The van der Waals surface area contributed by atoms with Gasteiger partial charge >= 0.3 is 0 Å². The summed E-state index contributed by atoms with van der Waals surface area (Å²) >= 11 is 0. The number of nitriles is 1. The third-order valence-electron chi connectivity index (χ3n) is 2.95. The van der Waals surface area contributed by atoms with Crippen LogP contribution in [0.3, 0.4) is 0 Å². The minimum Gasteiger partial charge on any atom is -0.316 e. The van der Waals surface area contributed by atoms with E-state index in [-0.39, 0.29) is 0 Å². The van der Waals surface area contributed by atoms with Gasteiger partial charge in [-0.3, -0.25) is 4.98 Å². The average Bonchev–Trinajstić information content (AvgIpc) is 2.42. The topological polar surface area (TPSA) is 48.7 Å². The molecule has 0 amide bonds. The second-order valence-corrected chi connectivity index (χ2v) is 4.23. The highest BCUT2D eigenvalue weighted by Crippen LogP contribution is 2.26. The first-order chi connectivity index (χ1) is 8.72. The summed E-state index contributed by atoms with van der Waals surface area (Å²) in [5, 5.41) is 11.8. The van der Waals surface area contributed by atoms with E-state index >= 15 is 0 Å². The molecule has 1 fully saturated rings. The molecule has 1 aromatic heterocycles. The zero-order valence-corrected chi connectivity index (χ0v) is 11.0. The predicted molar refractivity (Wildman–Crippen MR) is 69.9 cm³/mol. The number of pyridine rings is 1. The molecule has 1 aliphatic heterocycles. The lowest BCUT2D eigenvalue weighted by Gasteiger charge is -2.29. The average molecular weight is 249 g/mol. The minimum absolute atomic E-state index is 0.348. The molecular formula is C14H20FN3. The number of halogens is 1. The van der Waals surface area contributed by atoms with Gasteiger partial charge in [0.15, 0.2) is 0 Å². The molecule has 3 nitrogen and oxygen atoms in total. The number of aromatic nitrogens is 1. The molecule has 98 valence electrons. The summed E-state index contributed by atoms with van der Waals surface area (Å²) in [4.78, 5) is 4.11. The van der Waals surface area contributed by atoms with E-state index in [2.05, 4.69) is 10.3 Å². The molecule has 0 radical (unpaired) electrons. The van der Waals surface area contributed by atoms with E-state index in [9.17, 15) is 4.39 Å². The molecule has 2 rings (SSSR count). The standard InChI is InChI=1S/C12H14FN3.C2H6/c13-12(3-5-15-6-4-12)7-11-2-1-10(8-14)9-16-11;1-2/h1-2,9,15H,3-7H2;1-2H3. The van der Waals surface area contributed by atoms with Crippen molar-refractivity contribution in [2.75, 3.05) is 13.1 Å². The quantitative estimate of drug-likeness (QED) is 0.876. The Morgan fingerprint density at radius 2 is 2.06 bits per heavy atom. The van der Waals surface area contributed by atoms with Crippen molar-refractivity contribution in [1.29, 1.82) is 5.26 Å². The Kier molecular flexibility index (Phi) is 5.73. The Hall–Kier alpha value is -1.47. The Morgan fingerprint density at radius 1 is 1.39 bits per heavy atom. The molecule has 4 heteroatoms. The summed E-state index contributed by atoms with van der Waals surface area (Å²) in [6, 6.07) is 5.43. The summed E-state index contributed by atoms with van der Waals surface area (Å²) < 4.78 is 14.3. The molecule has 0 aromatic carbocycles. The van der Waals surface area contributed by atoms with Crippen molar-refractivity contribution in [3.63, 3.8) is 0 Å². The highest BCUT2D eigenvalue weighted by molar-refractivity contribution is 5.26. The van der Waals surface area contributed by atoms with Gasteiger partial charge in [-0.05, 0) is 38.1 Å². The van der Waals surface area contributed by atoms with E-state index in [1.165, 1.54) is 6.20 Å². The number of nitrogens with one attached hydrogen (secondary N) is 1. The maximum Gasteiger partial charge on any atom is 0.119 e. The lowest BCUT2D eigenvalue weighted by Crippen LogP contribution is -2.40. The number of nitrogens with zero attached hydrogens (tertiary/aromatic N) is 2. The molecule has 1 aliphatic rings. The van der Waals surface area contributed by atoms with Gasteiger partial charge < -0.3 is 5.32 Å². The maximum atomic E-state index is 14.3. The molecule has 1 N–H and O–H groups in total. The number of hydrogen-bond acceptors (Lipinski definition) is 3. The van der Waals surface area contributed by atoms with Crippen LogP contribution in [0, 0.1) is 11.3 Å². The van der Waals surface area contributed by atoms with Gasteiger partial charge in [0.2, 0.25) is 0 Å². The lowest BCUT2D eigenvalue weighted by atomic mass is 9.89. The van der Waals surface area contributed by atoms with Crippen molar-refractivity contribution in [3.05, 3.63) is 29.6 Å². The van der Waals surface area contributed by atoms with Crippen molar-refractivity contribution in [2.24, 2.45) is 0 Å². The lowest BCUT2D eigenvalue weighted by molar-refractivity contribution is 0.115. The van der Waals surface area contributed by atoms with E-state index in [1.54, 1.807) is 12.1 Å². The molecule has 0 saturated carbocycles. The first kappa shape index (κ1) is 14.6. The Bertz CT molecular complexity index is 388. The van der Waals surface area contributed by atoms with Crippen LogP contribution < -0.4 is 5.32 Å². The first-order valence-electron chi connectivity index (χ1n) is 6.47. The molecule has 0 aliphatic carbocycles. The highest BCUT2D eigenvalue weighted by atomic mass is 19.1. The number of hydrogen-bond donors (Lipinski definition) is 1. The Labute approximate surface area is 108 Å². The van der Waals surface area contributed by atoms with E-state index in [0.29, 0.717) is 24.8 Å². The summed E-state index contributed by atoms with van der Waals surface area (Å²) in [7, 11) is 0. The zero-order valence-electron chi connectivity index (χ0n) is 11.0. The summed E-state index contributed by atoms with van der Waals surface area (Å²) in [6.45, 7) is 5.46. The first-order valence-corrected chi connectivity index (χ1v) is 6.47. The fourth-order valence-corrected chi connectivity index (χ4v) is 1.97. The van der Waals surface area contributed by atoms with Crippen LogP contribution in [0.25, 0.3) is 0 Å². The normalized spacial score (nSPS) is 17.2. The van der Waals surface area contributed by atoms with Crippen LogP contribution in [0.4, 0.5) is 4.39 Å². The predicted octanol–water partition coefficient (Wildman–Crippen LogP) is 2.61. The molecule has 2 heterocycles. The number of alkyl halides is 1. The van der Waals surface area contributed by atoms with E-state index in [4.69, 9.17) is 5.26 Å². The second-order valence-electron chi connectivity index (χ2n) is 4.23. The van der Waals surface area contributed by atoms with Gasteiger partial charge in [0.05, 0.1) is 5.56 Å². The van der Waals surface area contributed by atoms with Gasteiger partial charge in [-0.25, -0.2) is 4.39 Å². The van der Waals surface area contributed by atoms with Crippen LogP contribution >= 0.6 is 0 Å². The summed E-state index contributed by atoms with van der Waals surface area (Å²) in [6.07, 6.45) is 2.92. The molecule has 0 bridgehead atoms. The molecule has 0 spiro atoms. The van der Waals surface area contributed by atoms with Gasteiger partial charge in [0.25, 0.3) is 0 Å². The second kappa shape index (κ2) is 7.07. The highest BCUT2D eigenvalue weighted by Gasteiger charge is 2.32. The van der Waals surface area contributed by atoms with Crippen LogP contribution in [0.5, 0.6) is 0 Å².